The van der Waals surface area contributed by atoms with Crippen molar-refractivity contribution in [2.24, 2.45) is 5.73 Å². The lowest BCUT2D eigenvalue weighted by Crippen LogP contribution is -2.41. The van der Waals surface area contributed by atoms with E-state index in [-0.39, 0.29) is 18.1 Å². The molecular formula is C10H16N4O3. The summed E-state index contributed by atoms with van der Waals surface area (Å²) in [4.78, 5) is 26.6. The van der Waals surface area contributed by atoms with Crippen LogP contribution in [-0.2, 0) is 15.1 Å². The number of nitrogens with two attached hydrogens (primary N) is 2. The molecule has 7 nitrogen and oxygen atoms in total. The number of ether oxygens (including phenoxy) is 1. The van der Waals surface area contributed by atoms with Gasteiger partial charge in [-0.15, -0.1) is 0 Å². The van der Waals surface area contributed by atoms with Gasteiger partial charge >= 0.3 is 5.97 Å². The number of aromatic nitrogens is 2. The molecule has 0 radical (unpaired) electrons. The molecule has 94 valence electrons. The fourth-order valence-electron chi connectivity index (χ4n) is 1.28. The standard InChI is InChI=1S/C10H16N4O3/c1-4-17-8(15)6-7(11)14(5-13-6)10(2,3)9(12)16/h5H,4,11H2,1-3H3,(H2,12,16). The van der Waals surface area contributed by atoms with Crippen molar-refractivity contribution in [2.45, 2.75) is 26.3 Å². The lowest BCUT2D eigenvalue weighted by Gasteiger charge is -2.23. The van der Waals surface area contributed by atoms with Gasteiger partial charge in [-0.05, 0) is 20.8 Å². The SMILES string of the molecule is CCOC(=O)c1ncn(C(C)(C)C(N)=O)c1N. The Balaban J connectivity index is 3.15. The highest BCUT2D eigenvalue weighted by molar-refractivity contribution is 5.93. The van der Waals surface area contributed by atoms with Gasteiger partial charge in [0.15, 0.2) is 5.69 Å². The van der Waals surface area contributed by atoms with Crippen LogP contribution in [0.1, 0.15) is 31.3 Å². The van der Waals surface area contributed by atoms with E-state index in [2.05, 4.69) is 4.98 Å². The lowest BCUT2D eigenvalue weighted by atomic mass is 10.1. The Labute approximate surface area is 98.7 Å². The molecule has 1 rings (SSSR count). The first kappa shape index (κ1) is 13.0. The molecule has 0 aromatic carbocycles. The van der Waals surface area contributed by atoms with Gasteiger partial charge in [-0.1, -0.05) is 0 Å². The van der Waals surface area contributed by atoms with Gasteiger partial charge < -0.3 is 20.8 Å². The van der Waals surface area contributed by atoms with Gasteiger partial charge in [-0.25, -0.2) is 9.78 Å². The van der Waals surface area contributed by atoms with Gasteiger partial charge in [-0.3, -0.25) is 4.79 Å². The number of anilines is 1. The molecule has 1 aromatic rings. The third-order valence-corrected chi connectivity index (χ3v) is 2.48. The van der Waals surface area contributed by atoms with Crippen molar-refractivity contribution in [1.82, 2.24) is 9.55 Å². The molecule has 0 atom stereocenters. The number of hydrogen-bond acceptors (Lipinski definition) is 5. The van der Waals surface area contributed by atoms with Crippen LogP contribution >= 0.6 is 0 Å². The number of rotatable bonds is 4. The minimum atomic E-state index is -1.05. The van der Waals surface area contributed by atoms with Crippen LogP contribution in [0, 0.1) is 0 Å². The van der Waals surface area contributed by atoms with E-state index in [9.17, 15) is 9.59 Å². The molecule has 0 fully saturated rings. The van der Waals surface area contributed by atoms with E-state index >= 15 is 0 Å². The van der Waals surface area contributed by atoms with Crippen LogP contribution in [0.2, 0.25) is 0 Å². The fourth-order valence-corrected chi connectivity index (χ4v) is 1.28. The summed E-state index contributed by atoms with van der Waals surface area (Å²) in [6.07, 6.45) is 1.30. The number of carbonyl (C=O) groups is 2. The van der Waals surface area contributed by atoms with E-state index in [0.717, 1.165) is 0 Å². The molecule has 4 N–H and O–H groups in total. The van der Waals surface area contributed by atoms with Crippen molar-refractivity contribution in [3.63, 3.8) is 0 Å². The number of amides is 1. The van der Waals surface area contributed by atoms with Crippen molar-refractivity contribution in [2.75, 3.05) is 12.3 Å². The number of esters is 1. The van der Waals surface area contributed by atoms with E-state index in [1.165, 1.54) is 10.9 Å². The van der Waals surface area contributed by atoms with Crippen molar-refractivity contribution >= 4 is 17.7 Å². The van der Waals surface area contributed by atoms with E-state index in [4.69, 9.17) is 16.2 Å². The zero-order valence-corrected chi connectivity index (χ0v) is 10.1. The quantitative estimate of drug-likeness (QED) is 0.711. The molecule has 0 aliphatic heterocycles. The molecule has 7 heteroatoms. The molecule has 0 aliphatic rings. The Morgan fingerprint density at radius 2 is 2.12 bits per heavy atom. The number of nitrogens with zero attached hydrogens (tertiary/aromatic N) is 2. The summed E-state index contributed by atoms with van der Waals surface area (Å²) in [5, 5.41) is 0. The first-order valence-corrected chi connectivity index (χ1v) is 5.12. The van der Waals surface area contributed by atoms with Crippen LogP contribution < -0.4 is 11.5 Å². The average molecular weight is 240 g/mol. The van der Waals surface area contributed by atoms with E-state index in [1.807, 2.05) is 0 Å². The molecule has 0 saturated carbocycles. The summed E-state index contributed by atoms with van der Waals surface area (Å²) in [5.74, 6) is -1.13. The minimum absolute atomic E-state index is 0.0128. The highest BCUT2D eigenvalue weighted by atomic mass is 16.5. The molecule has 0 aliphatic carbocycles. The predicted octanol–water partition coefficient (Wildman–Crippen LogP) is -0.138. The van der Waals surface area contributed by atoms with E-state index < -0.39 is 17.4 Å². The second-order valence-corrected chi connectivity index (χ2v) is 3.99. The summed E-state index contributed by atoms with van der Waals surface area (Å²) in [5.41, 5.74) is 9.94. The summed E-state index contributed by atoms with van der Waals surface area (Å²) in [7, 11) is 0. The van der Waals surface area contributed by atoms with Crippen molar-refractivity contribution < 1.29 is 14.3 Å². The monoisotopic (exact) mass is 240 g/mol. The number of imidazole rings is 1. The third kappa shape index (κ3) is 2.22. The number of primary amides is 1. The molecule has 17 heavy (non-hydrogen) atoms. The Bertz CT molecular complexity index is 450. The number of carbonyl (C=O) groups excluding carboxylic acids is 2. The summed E-state index contributed by atoms with van der Waals surface area (Å²) < 4.78 is 6.13. The maximum Gasteiger partial charge on any atom is 0.360 e. The van der Waals surface area contributed by atoms with Crippen molar-refractivity contribution in [3.8, 4) is 0 Å². The minimum Gasteiger partial charge on any atom is -0.461 e. The highest BCUT2D eigenvalue weighted by Crippen LogP contribution is 2.22. The summed E-state index contributed by atoms with van der Waals surface area (Å²) >= 11 is 0. The van der Waals surface area contributed by atoms with Crippen molar-refractivity contribution in [1.29, 1.82) is 0 Å². The van der Waals surface area contributed by atoms with Crippen LogP contribution in [0.3, 0.4) is 0 Å². The van der Waals surface area contributed by atoms with Gasteiger partial charge in [0, 0.05) is 0 Å². The Kier molecular flexibility index (Phi) is 3.40. The normalized spacial score (nSPS) is 11.2. The maximum absolute atomic E-state index is 11.5. The molecule has 0 bridgehead atoms. The molecule has 0 spiro atoms. The predicted molar refractivity (Wildman–Crippen MR) is 61.1 cm³/mol. The topological polar surface area (TPSA) is 113 Å². The largest absolute Gasteiger partial charge is 0.461 e. The van der Waals surface area contributed by atoms with Crippen LogP contribution in [0.4, 0.5) is 5.82 Å². The second kappa shape index (κ2) is 4.44. The van der Waals surface area contributed by atoms with Gasteiger partial charge in [0.2, 0.25) is 5.91 Å². The highest BCUT2D eigenvalue weighted by Gasteiger charge is 2.31. The molecule has 1 amide bonds. The van der Waals surface area contributed by atoms with Crippen LogP contribution in [0.25, 0.3) is 0 Å². The zero-order chi connectivity index (χ0) is 13.2. The molecular weight excluding hydrogens is 224 g/mol. The first-order valence-electron chi connectivity index (χ1n) is 5.12. The number of hydrogen-bond donors (Lipinski definition) is 2. The molecule has 1 heterocycles. The van der Waals surface area contributed by atoms with Crippen LogP contribution in [0.5, 0.6) is 0 Å². The molecule has 0 unspecified atom stereocenters. The lowest BCUT2D eigenvalue weighted by molar-refractivity contribution is -0.125. The van der Waals surface area contributed by atoms with E-state index in [0.29, 0.717) is 0 Å². The fraction of sp³-hybridized carbons (Fsp3) is 0.500. The van der Waals surface area contributed by atoms with Gasteiger partial charge in [0.25, 0.3) is 0 Å². The van der Waals surface area contributed by atoms with E-state index in [1.54, 1.807) is 20.8 Å². The number of nitrogen functional groups attached to an aromatic ring is 1. The Morgan fingerprint density at radius 3 is 2.59 bits per heavy atom. The smallest absolute Gasteiger partial charge is 0.360 e. The maximum atomic E-state index is 11.5. The zero-order valence-electron chi connectivity index (χ0n) is 10.1. The Hall–Kier alpha value is -2.05. The summed E-state index contributed by atoms with van der Waals surface area (Å²) in [6.45, 7) is 5.08. The average Bonchev–Trinajstić information content (AvgIpc) is 2.60. The first-order chi connectivity index (χ1) is 7.82. The van der Waals surface area contributed by atoms with Gasteiger partial charge in [0.1, 0.15) is 11.4 Å². The van der Waals surface area contributed by atoms with Gasteiger partial charge in [-0.2, -0.15) is 0 Å². The van der Waals surface area contributed by atoms with Crippen LogP contribution in [-0.4, -0.2) is 28.0 Å². The third-order valence-electron chi connectivity index (χ3n) is 2.48. The van der Waals surface area contributed by atoms with Gasteiger partial charge in [0.05, 0.1) is 12.9 Å². The molecule has 0 saturated heterocycles. The Morgan fingerprint density at radius 1 is 1.53 bits per heavy atom. The summed E-state index contributed by atoms with van der Waals surface area (Å²) in [6, 6.07) is 0. The van der Waals surface area contributed by atoms with Crippen LogP contribution in [0.15, 0.2) is 6.33 Å². The van der Waals surface area contributed by atoms with Crippen molar-refractivity contribution in [3.05, 3.63) is 12.0 Å². The molecule has 1 aromatic heterocycles. The second-order valence-electron chi connectivity index (χ2n) is 3.99.